The van der Waals surface area contributed by atoms with Gasteiger partial charge in [-0.2, -0.15) is 0 Å². The predicted octanol–water partition coefficient (Wildman–Crippen LogP) is 3.15. The second-order valence-electron chi connectivity index (χ2n) is 3.85. The molecule has 7 heteroatoms. The summed E-state index contributed by atoms with van der Waals surface area (Å²) in [6, 6.07) is 0.383. The largest absolute Gasteiger partial charge is 0.395 e. The van der Waals surface area contributed by atoms with Crippen LogP contribution < -0.4 is 0 Å². The topological polar surface area (TPSA) is 54.0 Å². The number of hydrogen-bond donors (Lipinski definition) is 0. The van der Waals surface area contributed by atoms with E-state index < -0.39 is 14.1 Å². The lowest BCUT2D eigenvalue weighted by atomic mass is 10.7. The van der Waals surface area contributed by atoms with Crippen LogP contribution in [0.4, 0.5) is 0 Å². The first-order valence-electron chi connectivity index (χ1n) is 6.41. The van der Waals surface area contributed by atoms with E-state index in [1.165, 1.54) is 0 Å². The summed E-state index contributed by atoms with van der Waals surface area (Å²) in [6.07, 6.45) is 0. The van der Waals surface area contributed by atoms with Crippen molar-refractivity contribution in [3.63, 3.8) is 0 Å². The van der Waals surface area contributed by atoms with Crippen molar-refractivity contribution in [3.8, 4) is 0 Å². The summed E-state index contributed by atoms with van der Waals surface area (Å²) in [4.78, 5) is 0. The first-order chi connectivity index (χ1) is 8.51. The second-order valence-corrected chi connectivity index (χ2v) is 7.91. The Labute approximate surface area is 113 Å². The average molecular weight is 296 g/mol. The second kappa shape index (κ2) is 9.12. The normalized spacial score (nSPS) is 13.2. The van der Waals surface area contributed by atoms with Gasteiger partial charge in [0.15, 0.2) is 0 Å². The lowest BCUT2D eigenvalue weighted by Gasteiger charge is -2.34. The first-order valence-corrected chi connectivity index (χ1v) is 9.75. The summed E-state index contributed by atoms with van der Waals surface area (Å²) >= 11 is 0. The Morgan fingerprint density at radius 1 is 0.944 bits per heavy atom. The van der Waals surface area contributed by atoms with Gasteiger partial charge in [-0.25, -0.2) is 0 Å². The van der Waals surface area contributed by atoms with Crippen LogP contribution in [0.2, 0.25) is 12.6 Å². The van der Waals surface area contributed by atoms with E-state index in [4.69, 9.17) is 18.3 Å². The van der Waals surface area contributed by atoms with E-state index in [-0.39, 0.29) is 8.46 Å². The van der Waals surface area contributed by atoms with Gasteiger partial charge in [0.25, 0.3) is 5.53 Å². The molecule has 0 spiro atoms. The smallest absolute Gasteiger partial charge is 0.341 e. The van der Waals surface area contributed by atoms with E-state index in [9.17, 15) is 4.57 Å². The van der Waals surface area contributed by atoms with Crippen LogP contribution >= 0.6 is 8.46 Å². The molecule has 0 bridgehead atoms. The zero-order chi connectivity index (χ0) is 14.1. The highest BCUT2D eigenvalue weighted by molar-refractivity contribution is 7.25. The van der Waals surface area contributed by atoms with E-state index in [0.29, 0.717) is 32.5 Å². The minimum absolute atomic E-state index is 0.190. The van der Waals surface area contributed by atoms with Crippen LogP contribution in [0.1, 0.15) is 27.7 Å². The number of hydrogen-bond acceptors (Lipinski definition) is 5. The molecule has 0 aromatic heterocycles. The molecule has 0 N–H and O–H groups in total. The maximum Gasteiger partial charge on any atom is 0.341 e. The molecular weight excluding hydrogens is 271 g/mol. The van der Waals surface area contributed by atoms with Crippen molar-refractivity contribution in [3.05, 3.63) is 0 Å². The number of ether oxygens (including phenoxy) is 2. The quantitative estimate of drug-likeness (QED) is 0.333. The zero-order valence-electron chi connectivity index (χ0n) is 12.0. The summed E-state index contributed by atoms with van der Waals surface area (Å²) in [5, 5.41) is 0. The predicted molar refractivity (Wildman–Crippen MR) is 73.3 cm³/mol. The van der Waals surface area contributed by atoms with Crippen LogP contribution in [0.15, 0.2) is 0 Å². The average Bonchev–Trinajstić information content (AvgIpc) is 2.30. The molecule has 0 aromatic carbocycles. The molecule has 0 saturated heterocycles. The SMILES string of the molecule is CCOC(C[Si](C)(OCC)OCC)(OCC)P=O. The molecule has 0 heterocycles. The molecule has 5 nitrogen and oxygen atoms in total. The van der Waals surface area contributed by atoms with E-state index in [0.717, 1.165) is 0 Å². The van der Waals surface area contributed by atoms with Crippen molar-refractivity contribution in [2.75, 3.05) is 26.4 Å². The fraction of sp³-hybridized carbons (Fsp3) is 1.00. The van der Waals surface area contributed by atoms with Crippen molar-refractivity contribution >= 4 is 17.0 Å². The molecule has 18 heavy (non-hydrogen) atoms. The van der Waals surface area contributed by atoms with Gasteiger partial charge in [-0.3, -0.25) is 4.57 Å². The Morgan fingerprint density at radius 2 is 1.39 bits per heavy atom. The Bertz CT molecular complexity index is 227. The van der Waals surface area contributed by atoms with E-state index in [1.807, 2.05) is 34.2 Å². The van der Waals surface area contributed by atoms with Crippen LogP contribution in [0.5, 0.6) is 0 Å². The minimum Gasteiger partial charge on any atom is -0.395 e. The summed E-state index contributed by atoms with van der Waals surface area (Å²) < 4.78 is 34.0. The Kier molecular flexibility index (Phi) is 9.20. The molecule has 0 amide bonds. The minimum atomic E-state index is -2.44. The fourth-order valence-corrected chi connectivity index (χ4v) is 5.85. The Hall–Kier alpha value is 0.157. The third-order valence-electron chi connectivity index (χ3n) is 2.32. The van der Waals surface area contributed by atoms with Crippen molar-refractivity contribution in [2.24, 2.45) is 0 Å². The highest BCUT2D eigenvalue weighted by Gasteiger charge is 2.45. The van der Waals surface area contributed by atoms with Crippen molar-refractivity contribution < 1.29 is 22.9 Å². The molecule has 0 aromatic rings. The Balaban J connectivity index is 4.93. The van der Waals surface area contributed by atoms with Crippen LogP contribution in [0, 0.1) is 0 Å². The maximum atomic E-state index is 11.5. The van der Waals surface area contributed by atoms with Gasteiger partial charge in [0.1, 0.15) is 0 Å². The van der Waals surface area contributed by atoms with Crippen molar-refractivity contribution in [1.29, 1.82) is 0 Å². The van der Waals surface area contributed by atoms with Gasteiger partial charge in [0.2, 0.25) is 8.46 Å². The lowest BCUT2D eigenvalue weighted by Crippen LogP contribution is -2.47. The van der Waals surface area contributed by atoms with Crippen LogP contribution in [-0.4, -0.2) is 40.5 Å². The van der Waals surface area contributed by atoms with E-state index >= 15 is 0 Å². The Morgan fingerprint density at radius 3 is 1.67 bits per heavy atom. The molecule has 0 atom stereocenters. The van der Waals surface area contributed by atoms with Gasteiger partial charge in [-0.15, -0.1) is 0 Å². The molecule has 0 saturated carbocycles. The zero-order valence-corrected chi connectivity index (χ0v) is 13.9. The highest BCUT2D eigenvalue weighted by atomic mass is 31.1. The van der Waals surface area contributed by atoms with Gasteiger partial charge >= 0.3 is 8.56 Å². The van der Waals surface area contributed by atoms with Crippen LogP contribution in [-0.2, 0) is 22.9 Å². The molecule has 0 aliphatic rings. The summed E-state index contributed by atoms with van der Waals surface area (Å²) in [6.45, 7) is 11.5. The third kappa shape index (κ3) is 5.86. The van der Waals surface area contributed by atoms with Gasteiger partial charge in [-0.1, -0.05) is 0 Å². The first kappa shape index (κ1) is 18.2. The van der Waals surface area contributed by atoms with Gasteiger partial charge < -0.3 is 18.3 Å². The summed E-state index contributed by atoms with van der Waals surface area (Å²) in [5.74, 6) is 0. The summed E-state index contributed by atoms with van der Waals surface area (Å²) in [7, 11) is -2.63. The van der Waals surface area contributed by atoms with Crippen molar-refractivity contribution in [1.82, 2.24) is 0 Å². The summed E-state index contributed by atoms with van der Waals surface area (Å²) in [5.41, 5.74) is -1.14. The maximum absolute atomic E-state index is 11.5. The van der Waals surface area contributed by atoms with E-state index in [1.54, 1.807) is 0 Å². The standard InChI is InChI=1S/C11H25O5PSi/c1-6-13-11(17-12,14-7-2)10-18(5,15-8-3)16-9-4/h6-10H2,1-5H3. The molecule has 0 rings (SSSR count). The van der Waals surface area contributed by atoms with E-state index in [2.05, 4.69) is 0 Å². The van der Waals surface area contributed by atoms with Crippen LogP contribution in [0.3, 0.4) is 0 Å². The number of rotatable bonds is 11. The van der Waals surface area contributed by atoms with Gasteiger partial charge in [0.05, 0.1) is 6.04 Å². The molecule has 0 aliphatic heterocycles. The van der Waals surface area contributed by atoms with Crippen molar-refractivity contribution in [2.45, 2.75) is 45.8 Å². The third-order valence-corrected chi connectivity index (χ3v) is 6.22. The highest BCUT2D eigenvalue weighted by Crippen LogP contribution is 2.36. The molecule has 0 fully saturated rings. The molecule has 0 radical (unpaired) electrons. The van der Waals surface area contributed by atoms with Gasteiger partial charge in [0, 0.05) is 26.4 Å². The monoisotopic (exact) mass is 296 g/mol. The van der Waals surface area contributed by atoms with Crippen LogP contribution in [0.25, 0.3) is 0 Å². The molecule has 108 valence electrons. The molecular formula is C11H25O5PSi. The fourth-order valence-electron chi connectivity index (χ4n) is 1.84. The molecule has 0 aliphatic carbocycles. The van der Waals surface area contributed by atoms with Gasteiger partial charge in [-0.05, 0) is 34.2 Å². The lowest BCUT2D eigenvalue weighted by molar-refractivity contribution is -0.160. The molecule has 0 unspecified atom stereocenters.